The molecule has 17 heavy (non-hydrogen) atoms. The van der Waals surface area contributed by atoms with Gasteiger partial charge in [-0.3, -0.25) is 14.6 Å². The summed E-state index contributed by atoms with van der Waals surface area (Å²) in [5.41, 5.74) is 0.923. The van der Waals surface area contributed by atoms with Gasteiger partial charge in [0.15, 0.2) is 0 Å². The normalized spacial score (nSPS) is 20.4. The standard InChI is InChI=1S/C12H14N2O3/c15-11-4-3-10(12(16)17)8-14(11)7-9-2-1-5-13-6-9/h1-2,5-6,10H,3-4,7-8H2,(H,16,17)/t10-/m0/s1. The number of carboxylic acid groups (broad SMARTS) is 1. The van der Waals surface area contributed by atoms with Crippen LogP contribution in [0.3, 0.4) is 0 Å². The Balaban J connectivity index is 2.04. The molecule has 0 bridgehead atoms. The van der Waals surface area contributed by atoms with Gasteiger partial charge in [-0.25, -0.2) is 0 Å². The second kappa shape index (κ2) is 4.95. The van der Waals surface area contributed by atoms with E-state index in [2.05, 4.69) is 4.98 Å². The molecule has 5 nitrogen and oxygen atoms in total. The third kappa shape index (κ3) is 2.81. The van der Waals surface area contributed by atoms with Gasteiger partial charge in [-0.15, -0.1) is 0 Å². The van der Waals surface area contributed by atoms with E-state index in [-0.39, 0.29) is 5.91 Å². The van der Waals surface area contributed by atoms with E-state index >= 15 is 0 Å². The zero-order valence-corrected chi connectivity index (χ0v) is 9.37. The van der Waals surface area contributed by atoms with Crippen LogP contribution >= 0.6 is 0 Å². The molecule has 90 valence electrons. The lowest BCUT2D eigenvalue weighted by molar-refractivity contribution is -0.147. The molecule has 1 aromatic rings. The molecule has 1 N–H and O–H groups in total. The van der Waals surface area contributed by atoms with Crippen molar-refractivity contribution in [1.29, 1.82) is 0 Å². The number of carbonyl (C=O) groups excluding carboxylic acids is 1. The Labute approximate surface area is 99.1 Å². The number of amides is 1. The molecule has 1 amide bonds. The van der Waals surface area contributed by atoms with Gasteiger partial charge in [-0.2, -0.15) is 0 Å². The van der Waals surface area contributed by atoms with Crippen molar-refractivity contribution in [3.05, 3.63) is 30.1 Å². The maximum Gasteiger partial charge on any atom is 0.308 e. The molecular formula is C12H14N2O3. The highest BCUT2D eigenvalue weighted by Crippen LogP contribution is 2.19. The fourth-order valence-corrected chi connectivity index (χ4v) is 1.98. The molecule has 0 aromatic carbocycles. The van der Waals surface area contributed by atoms with Gasteiger partial charge >= 0.3 is 5.97 Å². The summed E-state index contributed by atoms with van der Waals surface area (Å²) in [5, 5.41) is 8.96. The van der Waals surface area contributed by atoms with Crippen LogP contribution in [-0.4, -0.2) is 33.4 Å². The van der Waals surface area contributed by atoms with E-state index in [0.717, 1.165) is 5.56 Å². The number of carboxylic acids is 1. The van der Waals surface area contributed by atoms with Crippen molar-refractivity contribution in [3.63, 3.8) is 0 Å². The maximum atomic E-state index is 11.7. The molecule has 0 saturated carbocycles. The fraction of sp³-hybridized carbons (Fsp3) is 0.417. The van der Waals surface area contributed by atoms with E-state index < -0.39 is 11.9 Å². The third-order valence-electron chi connectivity index (χ3n) is 2.95. The van der Waals surface area contributed by atoms with Gasteiger partial charge in [-0.05, 0) is 18.1 Å². The summed E-state index contributed by atoms with van der Waals surface area (Å²) in [6.45, 7) is 0.736. The van der Waals surface area contributed by atoms with Gasteiger partial charge in [0.05, 0.1) is 5.92 Å². The van der Waals surface area contributed by atoms with Crippen LogP contribution in [0.15, 0.2) is 24.5 Å². The van der Waals surface area contributed by atoms with Crippen molar-refractivity contribution in [1.82, 2.24) is 9.88 Å². The number of aliphatic carboxylic acids is 1. The number of hydrogen-bond acceptors (Lipinski definition) is 3. The molecule has 1 aliphatic heterocycles. The Kier molecular flexibility index (Phi) is 3.37. The first-order valence-electron chi connectivity index (χ1n) is 5.56. The Morgan fingerprint density at radius 3 is 3.06 bits per heavy atom. The first-order valence-corrected chi connectivity index (χ1v) is 5.56. The molecule has 0 unspecified atom stereocenters. The van der Waals surface area contributed by atoms with E-state index in [9.17, 15) is 9.59 Å². The van der Waals surface area contributed by atoms with Gasteiger partial charge in [0.1, 0.15) is 0 Å². The average molecular weight is 234 g/mol. The van der Waals surface area contributed by atoms with Crippen molar-refractivity contribution in [2.75, 3.05) is 6.54 Å². The lowest BCUT2D eigenvalue weighted by atomic mass is 9.97. The first-order chi connectivity index (χ1) is 8.16. The van der Waals surface area contributed by atoms with E-state index in [1.54, 1.807) is 23.4 Å². The number of nitrogens with zero attached hydrogens (tertiary/aromatic N) is 2. The molecule has 1 aromatic heterocycles. The first kappa shape index (κ1) is 11.6. The smallest absolute Gasteiger partial charge is 0.308 e. The van der Waals surface area contributed by atoms with Gasteiger partial charge in [0, 0.05) is 31.9 Å². The minimum Gasteiger partial charge on any atom is -0.481 e. The van der Waals surface area contributed by atoms with E-state index in [4.69, 9.17) is 5.11 Å². The summed E-state index contributed by atoms with van der Waals surface area (Å²) in [6.07, 6.45) is 4.12. The highest BCUT2D eigenvalue weighted by atomic mass is 16.4. The SMILES string of the molecule is O=C(O)[C@H]1CCC(=O)N(Cc2cccnc2)C1. The summed E-state index contributed by atoms with van der Waals surface area (Å²) in [7, 11) is 0. The maximum absolute atomic E-state index is 11.7. The minimum absolute atomic E-state index is 0.0198. The topological polar surface area (TPSA) is 70.5 Å². The molecule has 0 spiro atoms. The molecule has 0 radical (unpaired) electrons. The van der Waals surface area contributed by atoms with Crippen molar-refractivity contribution in [3.8, 4) is 0 Å². The number of likely N-dealkylation sites (tertiary alicyclic amines) is 1. The largest absolute Gasteiger partial charge is 0.481 e. The van der Waals surface area contributed by atoms with Crippen LogP contribution in [0.5, 0.6) is 0 Å². The highest BCUT2D eigenvalue weighted by Gasteiger charge is 2.29. The summed E-state index contributed by atoms with van der Waals surface area (Å²) in [5.74, 6) is -1.25. The zero-order chi connectivity index (χ0) is 12.3. The molecule has 1 saturated heterocycles. The number of rotatable bonds is 3. The predicted octanol–water partition coefficient (Wildman–Crippen LogP) is 0.905. The van der Waals surface area contributed by atoms with Crippen molar-refractivity contribution < 1.29 is 14.7 Å². The Hall–Kier alpha value is -1.91. The molecular weight excluding hydrogens is 220 g/mol. The fourth-order valence-electron chi connectivity index (χ4n) is 1.98. The summed E-state index contributed by atoms with van der Waals surface area (Å²) in [4.78, 5) is 28.2. The minimum atomic E-state index is -0.825. The lowest BCUT2D eigenvalue weighted by Gasteiger charge is -2.30. The zero-order valence-electron chi connectivity index (χ0n) is 9.37. The molecule has 0 aliphatic carbocycles. The molecule has 1 aliphatic rings. The molecule has 2 rings (SSSR count). The summed E-state index contributed by atoms with van der Waals surface area (Å²) < 4.78 is 0. The van der Waals surface area contributed by atoms with Crippen LogP contribution in [0, 0.1) is 5.92 Å². The van der Waals surface area contributed by atoms with Crippen LogP contribution in [0.4, 0.5) is 0 Å². The van der Waals surface area contributed by atoms with E-state index in [0.29, 0.717) is 25.9 Å². The lowest BCUT2D eigenvalue weighted by Crippen LogP contribution is -2.42. The number of pyridine rings is 1. The van der Waals surface area contributed by atoms with Gasteiger partial charge in [0.25, 0.3) is 0 Å². The van der Waals surface area contributed by atoms with Crippen LogP contribution in [-0.2, 0) is 16.1 Å². The second-order valence-corrected chi connectivity index (χ2v) is 4.21. The van der Waals surface area contributed by atoms with Crippen LogP contribution in [0.1, 0.15) is 18.4 Å². The number of carbonyl (C=O) groups is 2. The van der Waals surface area contributed by atoms with Gasteiger partial charge in [-0.1, -0.05) is 6.07 Å². The average Bonchev–Trinajstić information content (AvgIpc) is 2.33. The molecule has 1 fully saturated rings. The Morgan fingerprint density at radius 1 is 1.59 bits per heavy atom. The third-order valence-corrected chi connectivity index (χ3v) is 2.95. The highest BCUT2D eigenvalue weighted by molar-refractivity contribution is 5.80. The van der Waals surface area contributed by atoms with E-state index in [1.165, 1.54) is 0 Å². The summed E-state index contributed by atoms with van der Waals surface area (Å²) >= 11 is 0. The Bertz CT molecular complexity index is 419. The molecule has 1 atom stereocenters. The monoisotopic (exact) mass is 234 g/mol. The van der Waals surface area contributed by atoms with Crippen molar-refractivity contribution in [2.24, 2.45) is 5.92 Å². The van der Waals surface area contributed by atoms with Gasteiger partial charge < -0.3 is 10.0 Å². The quantitative estimate of drug-likeness (QED) is 0.843. The second-order valence-electron chi connectivity index (χ2n) is 4.21. The summed E-state index contributed by atoms with van der Waals surface area (Å²) in [6, 6.07) is 3.68. The van der Waals surface area contributed by atoms with Crippen LogP contribution < -0.4 is 0 Å². The predicted molar refractivity (Wildman–Crippen MR) is 60.0 cm³/mol. The molecule has 2 heterocycles. The Morgan fingerprint density at radius 2 is 2.41 bits per heavy atom. The molecule has 5 heteroatoms. The van der Waals surface area contributed by atoms with Crippen LogP contribution in [0.2, 0.25) is 0 Å². The van der Waals surface area contributed by atoms with E-state index in [1.807, 2.05) is 6.07 Å². The van der Waals surface area contributed by atoms with Crippen molar-refractivity contribution in [2.45, 2.75) is 19.4 Å². The number of hydrogen-bond donors (Lipinski definition) is 1. The number of aromatic nitrogens is 1. The van der Waals surface area contributed by atoms with Crippen molar-refractivity contribution >= 4 is 11.9 Å². The van der Waals surface area contributed by atoms with Gasteiger partial charge in [0.2, 0.25) is 5.91 Å². The van der Waals surface area contributed by atoms with Crippen LogP contribution in [0.25, 0.3) is 0 Å². The number of piperidine rings is 1.